The van der Waals surface area contributed by atoms with Gasteiger partial charge < -0.3 is 5.32 Å². The lowest BCUT2D eigenvalue weighted by Gasteiger charge is -2.40. The number of nitrogens with zero attached hydrogens (tertiary/aromatic N) is 1. The van der Waals surface area contributed by atoms with Crippen molar-refractivity contribution in [3.8, 4) is 0 Å². The molecule has 2 unspecified atom stereocenters. The summed E-state index contributed by atoms with van der Waals surface area (Å²) in [5, 5.41) is 3.66. The van der Waals surface area contributed by atoms with Crippen molar-refractivity contribution in [2.75, 3.05) is 19.6 Å². The first-order valence-electron chi connectivity index (χ1n) is 6.98. The predicted octanol–water partition coefficient (Wildman–Crippen LogP) is 2.99. The van der Waals surface area contributed by atoms with E-state index in [0.717, 1.165) is 19.6 Å². The lowest BCUT2D eigenvalue weighted by molar-refractivity contribution is 0.143. The van der Waals surface area contributed by atoms with Crippen LogP contribution in [0.2, 0.25) is 0 Å². The van der Waals surface area contributed by atoms with Crippen LogP contribution in [-0.2, 0) is 0 Å². The average molecular weight is 244 g/mol. The maximum Gasteiger partial charge on any atom is 0.0476 e. The number of rotatable bonds is 4. The number of nitrogens with one attached hydrogen (secondary N) is 1. The molecule has 0 saturated carbocycles. The van der Waals surface area contributed by atoms with E-state index in [4.69, 9.17) is 0 Å². The zero-order valence-electron chi connectivity index (χ0n) is 11.5. The monoisotopic (exact) mass is 244 g/mol. The van der Waals surface area contributed by atoms with Crippen molar-refractivity contribution in [2.24, 2.45) is 0 Å². The highest BCUT2D eigenvalue weighted by Crippen LogP contribution is 2.23. The fraction of sp³-hybridized carbons (Fsp3) is 0.500. The van der Waals surface area contributed by atoms with Crippen LogP contribution in [0.15, 0.2) is 42.5 Å². The van der Waals surface area contributed by atoms with Gasteiger partial charge in [-0.05, 0) is 18.9 Å². The van der Waals surface area contributed by atoms with Crippen LogP contribution < -0.4 is 5.32 Å². The third-order valence-electron chi connectivity index (χ3n) is 3.75. The maximum absolute atomic E-state index is 3.66. The second-order valence-electron chi connectivity index (χ2n) is 4.96. The molecular formula is C16H24N2. The predicted molar refractivity (Wildman–Crippen MR) is 77.7 cm³/mol. The molecule has 1 aromatic rings. The number of benzene rings is 1. The summed E-state index contributed by atoms with van der Waals surface area (Å²) in [4.78, 5) is 2.58. The van der Waals surface area contributed by atoms with Crippen LogP contribution in [0.3, 0.4) is 0 Å². The summed E-state index contributed by atoms with van der Waals surface area (Å²) in [6.45, 7) is 7.60. The van der Waals surface area contributed by atoms with E-state index in [1.165, 1.54) is 12.0 Å². The molecule has 1 aliphatic rings. The summed E-state index contributed by atoms with van der Waals surface area (Å²) in [7, 11) is 0. The minimum atomic E-state index is 0.505. The Morgan fingerprint density at radius 2 is 2.11 bits per heavy atom. The second kappa shape index (κ2) is 6.72. The Kier molecular flexibility index (Phi) is 4.97. The Morgan fingerprint density at radius 1 is 1.33 bits per heavy atom. The zero-order chi connectivity index (χ0) is 12.8. The zero-order valence-corrected chi connectivity index (χ0v) is 11.5. The van der Waals surface area contributed by atoms with Crippen molar-refractivity contribution in [3.63, 3.8) is 0 Å². The van der Waals surface area contributed by atoms with E-state index >= 15 is 0 Å². The van der Waals surface area contributed by atoms with Crippen LogP contribution >= 0.6 is 0 Å². The van der Waals surface area contributed by atoms with Gasteiger partial charge in [0.05, 0.1) is 0 Å². The quantitative estimate of drug-likeness (QED) is 0.819. The van der Waals surface area contributed by atoms with Crippen LogP contribution in [0.1, 0.15) is 31.9 Å². The lowest BCUT2D eigenvalue weighted by atomic mass is 10.00. The van der Waals surface area contributed by atoms with Crippen molar-refractivity contribution in [3.05, 3.63) is 48.0 Å². The van der Waals surface area contributed by atoms with E-state index in [0.29, 0.717) is 12.1 Å². The van der Waals surface area contributed by atoms with Gasteiger partial charge in [-0.25, -0.2) is 0 Å². The van der Waals surface area contributed by atoms with Gasteiger partial charge in [-0.1, -0.05) is 49.4 Å². The number of hydrogen-bond acceptors (Lipinski definition) is 2. The molecule has 2 rings (SSSR count). The Bertz CT molecular complexity index is 372. The molecule has 98 valence electrons. The summed E-state index contributed by atoms with van der Waals surface area (Å²) in [6, 6.07) is 12.0. The van der Waals surface area contributed by atoms with Crippen molar-refractivity contribution < 1.29 is 0 Å². The first-order valence-corrected chi connectivity index (χ1v) is 6.98. The van der Waals surface area contributed by atoms with E-state index in [1.54, 1.807) is 0 Å². The molecule has 18 heavy (non-hydrogen) atoms. The first kappa shape index (κ1) is 13.3. The normalized spacial score (nSPS) is 25.7. The molecule has 2 heteroatoms. The van der Waals surface area contributed by atoms with Crippen LogP contribution in [0.25, 0.3) is 0 Å². The van der Waals surface area contributed by atoms with Crippen molar-refractivity contribution >= 4 is 0 Å². The van der Waals surface area contributed by atoms with Gasteiger partial charge in [0, 0.05) is 31.7 Å². The molecule has 0 spiro atoms. The molecular weight excluding hydrogens is 220 g/mol. The topological polar surface area (TPSA) is 15.3 Å². The molecule has 1 saturated heterocycles. The highest BCUT2D eigenvalue weighted by Gasteiger charge is 2.26. The summed E-state index contributed by atoms with van der Waals surface area (Å²) in [5.41, 5.74) is 1.42. The highest BCUT2D eigenvalue weighted by atomic mass is 15.2. The third kappa shape index (κ3) is 3.21. The number of hydrogen-bond donors (Lipinski definition) is 1. The van der Waals surface area contributed by atoms with Crippen LogP contribution in [0.4, 0.5) is 0 Å². The van der Waals surface area contributed by atoms with E-state index in [2.05, 4.69) is 66.5 Å². The fourth-order valence-corrected chi connectivity index (χ4v) is 2.60. The summed E-state index contributed by atoms with van der Waals surface area (Å²) >= 11 is 0. The minimum Gasteiger partial charge on any atom is -0.311 e. The number of allylic oxidation sites excluding steroid dienone is 1. The Labute approximate surface area is 111 Å². The minimum absolute atomic E-state index is 0.505. The largest absolute Gasteiger partial charge is 0.311 e. The van der Waals surface area contributed by atoms with E-state index < -0.39 is 0 Å². The first-order chi connectivity index (χ1) is 8.85. The molecule has 0 radical (unpaired) electrons. The number of piperazine rings is 1. The van der Waals surface area contributed by atoms with E-state index in [-0.39, 0.29) is 0 Å². The molecule has 0 bridgehead atoms. The van der Waals surface area contributed by atoms with Gasteiger partial charge in [-0.3, -0.25) is 4.90 Å². The molecule has 2 atom stereocenters. The van der Waals surface area contributed by atoms with Crippen molar-refractivity contribution in [2.45, 2.75) is 32.4 Å². The fourth-order valence-electron chi connectivity index (χ4n) is 2.60. The molecule has 0 aromatic heterocycles. The highest BCUT2D eigenvalue weighted by molar-refractivity contribution is 5.20. The molecule has 0 amide bonds. The van der Waals surface area contributed by atoms with Gasteiger partial charge in [0.15, 0.2) is 0 Å². The Hall–Kier alpha value is -1.12. The Balaban J connectivity index is 2.11. The van der Waals surface area contributed by atoms with Crippen molar-refractivity contribution in [1.29, 1.82) is 0 Å². The van der Waals surface area contributed by atoms with E-state index in [9.17, 15) is 0 Å². The smallest absolute Gasteiger partial charge is 0.0476 e. The van der Waals surface area contributed by atoms with Crippen LogP contribution in [-0.4, -0.2) is 30.6 Å². The standard InChI is InChI=1S/C16H24N2/c1-3-5-11-18-13-15(4-2)17-12-16(18)14-9-7-6-8-10-14/h3,5-10,15-17H,4,11-13H2,1-2H3/b5-3+. The molecule has 1 aromatic carbocycles. The molecule has 0 aliphatic carbocycles. The van der Waals surface area contributed by atoms with Gasteiger partial charge >= 0.3 is 0 Å². The van der Waals surface area contributed by atoms with Gasteiger partial charge in [0.25, 0.3) is 0 Å². The molecule has 1 aliphatic heterocycles. The lowest BCUT2D eigenvalue weighted by Crippen LogP contribution is -2.51. The molecule has 1 heterocycles. The summed E-state index contributed by atoms with van der Waals surface area (Å²) in [6.07, 6.45) is 5.60. The Morgan fingerprint density at radius 3 is 2.78 bits per heavy atom. The average Bonchev–Trinajstić information content (AvgIpc) is 2.45. The maximum atomic E-state index is 3.66. The third-order valence-corrected chi connectivity index (χ3v) is 3.75. The SMILES string of the molecule is C/C=C/CN1CC(CC)NCC1c1ccccc1. The second-order valence-corrected chi connectivity index (χ2v) is 4.96. The van der Waals surface area contributed by atoms with Gasteiger partial charge in [0.2, 0.25) is 0 Å². The van der Waals surface area contributed by atoms with Crippen molar-refractivity contribution in [1.82, 2.24) is 10.2 Å². The summed E-state index contributed by atoms with van der Waals surface area (Å²) < 4.78 is 0. The molecule has 1 N–H and O–H groups in total. The van der Waals surface area contributed by atoms with E-state index in [1.807, 2.05) is 0 Å². The van der Waals surface area contributed by atoms with Gasteiger partial charge in [-0.15, -0.1) is 0 Å². The molecule has 1 fully saturated rings. The van der Waals surface area contributed by atoms with Gasteiger partial charge in [-0.2, -0.15) is 0 Å². The van der Waals surface area contributed by atoms with Crippen LogP contribution in [0.5, 0.6) is 0 Å². The molecule has 2 nitrogen and oxygen atoms in total. The van der Waals surface area contributed by atoms with Gasteiger partial charge in [0.1, 0.15) is 0 Å². The van der Waals surface area contributed by atoms with Crippen LogP contribution in [0, 0.1) is 0 Å². The summed E-state index contributed by atoms with van der Waals surface area (Å²) in [5.74, 6) is 0.